The first-order valence-corrected chi connectivity index (χ1v) is 10.8. The molecule has 33 heavy (non-hydrogen) atoms. The van der Waals surface area contributed by atoms with Crippen molar-refractivity contribution in [3.63, 3.8) is 0 Å². The molecule has 1 aliphatic heterocycles. The average Bonchev–Trinajstić information content (AvgIpc) is 3.45. The summed E-state index contributed by atoms with van der Waals surface area (Å²) in [5.41, 5.74) is 1.53. The first-order valence-electron chi connectivity index (χ1n) is 9.94. The van der Waals surface area contributed by atoms with Crippen LogP contribution in [-0.2, 0) is 11.3 Å². The van der Waals surface area contributed by atoms with Crippen molar-refractivity contribution >= 4 is 35.1 Å². The summed E-state index contributed by atoms with van der Waals surface area (Å²) in [6.45, 7) is 0.236. The van der Waals surface area contributed by atoms with E-state index in [9.17, 15) is 9.90 Å². The molecule has 1 saturated heterocycles. The number of ether oxygens (including phenoxy) is 2. The Hall–Kier alpha value is -3.98. The molecule has 0 saturated carbocycles. The molecule has 8 nitrogen and oxygen atoms in total. The maximum Gasteiger partial charge on any atom is 0.267 e. The molecular weight excluding hydrogens is 442 g/mol. The minimum atomic E-state index is -0.179. The predicted molar refractivity (Wildman–Crippen MR) is 128 cm³/mol. The van der Waals surface area contributed by atoms with E-state index in [1.165, 1.54) is 37.1 Å². The molecule has 1 amide bonds. The fraction of sp³-hybridized carbons (Fsp3) is 0.125. The molecule has 2 heterocycles. The number of furan rings is 1. The van der Waals surface area contributed by atoms with Gasteiger partial charge in [0.15, 0.2) is 16.7 Å². The lowest BCUT2D eigenvalue weighted by Crippen LogP contribution is -2.28. The van der Waals surface area contributed by atoms with E-state index in [-0.39, 0.29) is 29.7 Å². The number of amidine groups is 1. The third-order valence-electron chi connectivity index (χ3n) is 4.73. The fourth-order valence-corrected chi connectivity index (χ4v) is 4.05. The molecule has 1 aromatic heterocycles. The third kappa shape index (κ3) is 5.09. The molecule has 9 heteroatoms. The number of phenols is 1. The summed E-state index contributed by atoms with van der Waals surface area (Å²) in [7, 11) is 2.90. The standard InChI is InChI=1S/C24H21N3O5S/c1-30-19-11-17(12-20(31-2)22(19)28)14-25-26-24-27(15-18-9-6-10-32-18)23(29)21(33-24)13-16-7-4-3-5-8-16/h3-14,28H,15H2,1-2H3/b21-13-,25-14-,26-24+. The highest BCUT2D eigenvalue weighted by atomic mass is 32.2. The van der Waals surface area contributed by atoms with Crippen LogP contribution in [0.3, 0.4) is 0 Å². The summed E-state index contributed by atoms with van der Waals surface area (Å²) in [5, 5.41) is 18.9. The second kappa shape index (κ2) is 10.1. The SMILES string of the molecule is COc1cc(/C=N\N=C2\S/C(=C\c3ccccc3)C(=O)N2Cc2ccco2)cc(OC)c1O. The number of hydrogen-bond acceptors (Lipinski definition) is 8. The van der Waals surface area contributed by atoms with Gasteiger partial charge in [0, 0.05) is 5.56 Å². The molecule has 1 N–H and O–H groups in total. The zero-order valence-electron chi connectivity index (χ0n) is 18.0. The molecule has 1 aliphatic rings. The minimum Gasteiger partial charge on any atom is -0.502 e. The van der Waals surface area contributed by atoms with Gasteiger partial charge in [0.25, 0.3) is 5.91 Å². The molecule has 0 spiro atoms. The van der Waals surface area contributed by atoms with Gasteiger partial charge < -0.3 is 19.0 Å². The smallest absolute Gasteiger partial charge is 0.267 e. The number of thioether (sulfide) groups is 1. The van der Waals surface area contributed by atoms with Gasteiger partial charge >= 0.3 is 0 Å². The van der Waals surface area contributed by atoms with Gasteiger partial charge in [-0.1, -0.05) is 30.3 Å². The largest absolute Gasteiger partial charge is 0.502 e. The van der Waals surface area contributed by atoms with E-state index in [1.807, 2.05) is 36.4 Å². The predicted octanol–water partition coefficient (Wildman–Crippen LogP) is 4.51. The van der Waals surface area contributed by atoms with Crippen molar-refractivity contribution in [1.29, 1.82) is 0 Å². The number of amides is 1. The summed E-state index contributed by atoms with van der Waals surface area (Å²) >= 11 is 1.24. The summed E-state index contributed by atoms with van der Waals surface area (Å²) in [4.78, 5) is 15.1. The van der Waals surface area contributed by atoms with Crippen molar-refractivity contribution in [1.82, 2.24) is 4.90 Å². The Kier molecular flexibility index (Phi) is 6.80. The monoisotopic (exact) mass is 463 g/mol. The first-order chi connectivity index (χ1) is 16.1. The van der Waals surface area contributed by atoms with Crippen LogP contribution < -0.4 is 9.47 Å². The number of carbonyl (C=O) groups is 1. The molecule has 4 rings (SSSR count). The van der Waals surface area contributed by atoms with Crippen LogP contribution in [0.25, 0.3) is 6.08 Å². The van der Waals surface area contributed by atoms with E-state index >= 15 is 0 Å². The summed E-state index contributed by atoms with van der Waals surface area (Å²) < 4.78 is 15.7. The molecule has 0 unspecified atom stereocenters. The second-order valence-corrected chi connectivity index (χ2v) is 7.90. The lowest BCUT2D eigenvalue weighted by molar-refractivity contribution is -0.122. The van der Waals surface area contributed by atoms with Crippen molar-refractivity contribution in [2.45, 2.75) is 6.54 Å². The van der Waals surface area contributed by atoms with Crippen molar-refractivity contribution in [2.75, 3.05) is 14.2 Å². The third-order valence-corrected chi connectivity index (χ3v) is 5.73. The number of phenolic OH excluding ortho intramolecular Hbond substituents is 1. The van der Waals surface area contributed by atoms with Crippen molar-refractivity contribution in [3.8, 4) is 17.2 Å². The average molecular weight is 464 g/mol. The molecule has 0 bridgehead atoms. The quantitative estimate of drug-likeness (QED) is 0.315. The van der Waals surface area contributed by atoms with E-state index in [4.69, 9.17) is 13.9 Å². The van der Waals surface area contributed by atoms with Gasteiger partial charge in [-0.2, -0.15) is 5.10 Å². The Bertz CT molecular complexity index is 1200. The van der Waals surface area contributed by atoms with E-state index in [0.29, 0.717) is 21.4 Å². The van der Waals surface area contributed by atoms with Gasteiger partial charge in [0.2, 0.25) is 5.75 Å². The Morgan fingerprint density at radius 1 is 1.06 bits per heavy atom. The van der Waals surface area contributed by atoms with Crippen LogP contribution in [0.2, 0.25) is 0 Å². The fourth-order valence-electron chi connectivity index (χ4n) is 3.11. The van der Waals surface area contributed by atoms with Crippen molar-refractivity contribution in [2.24, 2.45) is 10.2 Å². The molecule has 0 aliphatic carbocycles. The number of carbonyl (C=O) groups excluding carboxylic acids is 1. The van der Waals surface area contributed by atoms with Gasteiger partial charge in [-0.05, 0) is 47.7 Å². The van der Waals surface area contributed by atoms with Crippen LogP contribution in [0.15, 0.2) is 80.4 Å². The Morgan fingerprint density at radius 3 is 2.42 bits per heavy atom. The van der Waals surface area contributed by atoms with Gasteiger partial charge in [-0.15, -0.1) is 5.10 Å². The first kappa shape index (κ1) is 22.2. The van der Waals surface area contributed by atoms with Crippen LogP contribution in [0.4, 0.5) is 0 Å². The number of methoxy groups -OCH3 is 2. The van der Waals surface area contributed by atoms with Crippen LogP contribution in [0, 0.1) is 0 Å². The molecule has 168 valence electrons. The number of hydrogen-bond donors (Lipinski definition) is 1. The second-order valence-electron chi connectivity index (χ2n) is 6.89. The van der Waals surface area contributed by atoms with E-state index in [1.54, 1.807) is 30.5 Å². The number of rotatable bonds is 7. The van der Waals surface area contributed by atoms with Gasteiger partial charge in [0.1, 0.15) is 5.76 Å². The van der Waals surface area contributed by atoms with E-state index in [0.717, 1.165) is 5.56 Å². The molecule has 0 atom stereocenters. The molecule has 3 aromatic rings. The van der Waals surface area contributed by atoms with Crippen LogP contribution >= 0.6 is 11.8 Å². The normalized spacial score (nSPS) is 16.3. The van der Waals surface area contributed by atoms with E-state index < -0.39 is 0 Å². The molecule has 0 radical (unpaired) electrons. The lowest BCUT2D eigenvalue weighted by atomic mass is 10.2. The van der Waals surface area contributed by atoms with Crippen LogP contribution in [-0.4, -0.2) is 41.5 Å². The van der Waals surface area contributed by atoms with E-state index in [2.05, 4.69) is 10.2 Å². The van der Waals surface area contributed by atoms with Crippen LogP contribution in [0.1, 0.15) is 16.9 Å². The highest BCUT2D eigenvalue weighted by Crippen LogP contribution is 2.37. The zero-order chi connectivity index (χ0) is 23.2. The summed E-state index contributed by atoms with van der Waals surface area (Å²) in [5.74, 6) is 0.861. The maximum atomic E-state index is 13.1. The van der Waals surface area contributed by atoms with Gasteiger partial charge in [-0.25, -0.2) is 0 Å². The number of nitrogens with zero attached hydrogens (tertiary/aromatic N) is 3. The zero-order valence-corrected chi connectivity index (χ0v) is 18.8. The minimum absolute atomic E-state index is 0.0966. The molecule has 2 aromatic carbocycles. The topological polar surface area (TPSA) is 96.9 Å². The highest BCUT2D eigenvalue weighted by molar-refractivity contribution is 8.18. The Balaban J connectivity index is 1.63. The summed E-state index contributed by atoms with van der Waals surface area (Å²) in [6, 6.07) is 16.4. The summed E-state index contributed by atoms with van der Waals surface area (Å²) in [6.07, 6.45) is 4.88. The van der Waals surface area contributed by atoms with Crippen molar-refractivity contribution in [3.05, 3.63) is 82.7 Å². The Morgan fingerprint density at radius 2 is 1.79 bits per heavy atom. The number of benzene rings is 2. The Labute approximate surface area is 194 Å². The van der Waals surface area contributed by atoms with Crippen LogP contribution in [0.5, 0.6) is 17.2 Å². The molecule has 1 fully saturated rings. The lowest BCUT2D eigenvalue weighted by Gasteiger charge is -2.12. The number of aromatic hydroxyl groups is 1. The molecular formula is C24H21N3O5S. The highest BCUT2D eigenvalue weighted by Gasteiger charge is 2.34. The maximum absolute atomic E-state index is 13.1. The van der Waals surface area contributed by atoms with Gasteiger partial charge in [-0.3, -0.25) is 9.69 Å². The van der Waals surface area contributed by atoms with Gasteiger partial charge in [0.05, 0.1) is 38.1 Å². The van der Waals surface area contributed by atoms with Crippen molar-refractivity contribution < 1.29 is 23.8 Å².